The maximum Gasteiger partial charge on any atom is 0.320 e. The third kappa shape index (κ3) is 4.26. The summed E-state index contributed by atoms with van der Waals surface area (Å²) in [5.41, 5.74) is 8.42. The summed E-state index contributed by atoms with van der Waals surface area (Å²) in [6, 6.07) is 1.42. The molecule has 0 unspecified atom stereocenters. The van der Waals surface area contributed by atoms with Crippen molar-refractivity contribution in [3.63, 3.8) is 0 Å². The Balaban J connectivity index is 1.38. The highest BCUT2D eigenvalue weighted by Gasteiger charge is 2.09. The summed E-state index contributed by atoms with van der Waals surface area (Å²) in [5, 5.41) is 17.4. The van der Waals surface area contributed by atoms with Crippen LogP contribution >= 0.6 is 0 Å². The van der Waals surface area contributed by atoms with Crippen molar-refractivity contribution in [1.82, 2.24) is 44.9 Å². The van der Waals surface area contributed by atoms with Gasteiger partial charge in [-0.2, -0.15) is 4.80 Å². The molecule has 2 amide bonds. The lowest BCUT2D eigenvalue weighted by atomic mass is 10.2. The van der Waals surface area contributed by atoms with Crippen LogP contribution in [-0.4, -0.2) is 52.1 Å². The molecule has 0 radical (unpaired) electrons. The maximum absolute atomic E-state index is 12.1. The van der Waals surface area contributed by atoms with Crippen LogP contribution in [0.5, 0.6) is 0 Å². The number of urea groups is 1. The van der Waals surface area contributed by atoms with E-state index in [0.29, 0.717) is 48.2 Å². The number of hydrogen-bond acceptors (Lipinski definition) is 8. The van der Waals surface area contributed by atoms with E-state index < -0.39 is 0 Å². The molecule has 0 aliphatic carbocycles. The number of imidazole rings is 1. The predicted molar refractivity (Wildman–Crippen MR) is 105 cm³/mol. The molecule has 29 heavy (non-hydrogen) atoms. The lowest BCUT2D eigenvalue weighted by Gasteiger charge is -2.03. The number of aryl methyl sites for hydroxylation is 1. The number of amides is 2. The molecule has 4 aromatic heterocycles. The van der Waals surface area contributed by atoms with Crippen LogP contribution in [0, 0.1) is 0 Å². The third-order valence-electron chi connectivity index (χ3n) is 4.05. The van der Waals surface area contributed by atoms with Crippen LogP contribution in [0.1, 0.15) is 12.7 Å². The normalized spacial score (nSPS) is 10.9. The third-order valence-corrected chi connectivity index (χ3v) is 4.05. The summed E-state index contributed by atoms with van der Waals surface area (Å²) < 4.78 is 1.77. The predicted octanol–water partition coefficient (Wildman–Crippen LogP) is 0.744. The summed E-state index contributed by atoms with van der Waals surface area (Å²) in [6.07, 6.45) is 8.85. The minimum absolute atomic E-state index is 0.371. The van der Waals surface area contributed by atoms with Gasteiger partial charge in [0.25, 0.3) is 0 Å². The average molecular weight is 393 g/mol. The molecule has 0 saturated heterocycles. The highest BCUT2D eigenvalue weighted by atomic mass is 16.2. The van der Waals surface area contributed by atoms with Gasteiger partial charge in [-0.05, 0) is 18.2 Å². The van der Waals surface area contributed by atoms with Crippen molar-refractivity contribution in [2.75, 3.05) is 17.6 Å². The Labute approximate surface area is 165 Å². The zero-order chi connectivity index (χ0) is 20.2. The van der Waals surface area contributed by atoms with Crippen molar-refractivity contribution in [2.45, 2.75) is 19.9 Å². The van der Waals surface area contributed by atoms with Crippen molar-refractivity contribution in [3.8, 4) is 11.3 Å². The quantitative estimate of drug-likeness (QED) is 0.433. The van der Waals surface area contributed by atoms with Gasteiger partial charge in [-0.15, -0.1) is 10.2 Å². The summed E-state index contributed by atoms with van der Waals surface area (Å²) in [6.45, 7) is 2.96. The Kier molecular flexibility index (Phi) is 4.97. The van der Waals surface area contributed by atoms with Gasteiger partial charge >= 0.3 is 6.03 Å². The molecule has 4 aromatic rings. The van der Waals surface area contributed by atoms with Crippen molar-refractivity contribution in [3.05, 3.63) is 42.9 Å². The summed E-state index contributed by atoms with van der Waals surface area (Å²) in [4.78, 5) is 26.4. The van der Waals surface area contributed by atoms with Crippen LogP contribution in [0.25, 0.3) is 16.9 Å². The number of aromatic nitrogens is 8. The van der Waals surface area contributed by atoms with E-state index in [4.69, 9.17) is 5.73 Å². The van der Waals surface area contributed by atoms with Crippen LogP contribution in [0.2, 0.25) is 0 Å². The van der Waals surface area contributed by atoms with Gasteiger partial charge in [0.05, 0.1) is 30.3 Å². The Morgan fingerprint density at radius 1 is 1.24 bits per heavy atom. The molecule has 0 saturated carbocycles. The average Bonchev–Trinajstić information content (AvgIpc) is 3.33. The van der Waals surface area contributed by atoms with Crippen molar-refractivity contribution in [1.29, 1.82) is 0 Å². The number of rotatable bonds is 6. The molecular weight excluding hydrogens is 374 g/mol. The molecule has 0 aliphatic rings. The molecule has 0 aliphatic heterocycles. The molecule has 4 heterocycles. The minimum atomic E-state index is -0.371. The van der Waals surface area contributed by atoms with Gasteiger partial charge in [0.1, 0.15) is 0 Å². The first-order valence-corrected chi connectivity index (χ1v) is 8.98. The fourth-order valence-electron chi connectivity index (χ4n) is 2.67. The lowest BCUT2D eigenvalue weighted by Crippen LogP contribution is -2.30. The first kappa shape index (κ1) is 18.3. The monoisotopic (exact) mass is 393 g/mol. The van der Waals surface area contributed by atoms with Gasteiger partial charge in [-0.3, -0.25) is 15.3 Å². The zero-order valence-electron chi connectivity index (χ0n) is 15.6. The van der Waals surface area contributed by atoms with E-state index in [-0.39, 0.29) is 6.03 Å². The molecule has 4 N–H and O–H groups in total. The first-order valence-electron chi connectivity index (χ1n) is 8.98. The van der Waals surface area contributed by atoms with E-state index in [0.717, 1.165) is 5.56 Å². The molecule has 148 valence electrons. The number of fused-ring (bicyclic) bond motifs is 1. The number of nitrogens with one attached hydrogen (secondary N) is 2. The summed E-state index contributed by atoms with van der Waals surface area (Å²) in [5.74, 6) is 0.983. The fraction of sp³-hybridized carbons (Fsp3) is 0.235. The highest BCUT2D eigenvalue weighted by molar-refractivity contribution is 5.88. The molecular formula is C17H19N11O. The van der Waals surface area contributed by atoms with Gasteiger partial charge in [0.15, 0.2) is 17.3 Å². The summed E-state index contributed by atoms with van der Waals surface area (Å²) >= 11 is 0. The van der Waals surface area contributed by atoms with Gasteiger partial charge < -0.3 is 15.5 Å². The molecule has 0 spiro atoms. The molecule has 0 fully saturated rings. The second-order valence-electron chi connectivity index (χ2n) is 6.20. The molecule has 12 nitrogen and oxygen atoms in total. The standard InChI is InChI=1S/C17H19N11O/c1-2-28-25-14(24-26-28)3-4-20-17(29)23-15-10-27-9-13(21-8-16(27)22-15)11-5-12(18)7-19-6-11/h5-10H,2-4,18H2,1H3,(H2,20,23,29). The first-order chi connectivity index (χ1) is 14.1. The number of nitrogens with two attached hydrogens (primary N) is 1. The van der Waals surface area contributed by atoms with Crippen molar-refractivity contribution >= 4 is 23.2 Å². The number of anilines is 2. The van der Waals surface area contributed by atoms with E-state index in [9.17, 15) is 4.79 Å². The van der Waals surface area contributed by atoms with E-state index in [1.165, 1.54) is 4.80 Å². The number of tetrazole rings is 1. The zero-order valence-corrected chi connectivity index (χ0v) is 15.6. The van der Waals surface area contributed by atoms with Gasteiger partial charge in [-0.25, -0.2) is 9.78 Å². The number of pyridine rings is 1. The van der Waals surface area contributed by atoms with E-state index in [1.54, 1.807) is 41.5 Å². The topological polar surface area (TPSA) is 154 Å². The fourth-order valence-corrected chi connectivity index (χ4v) is 2.67. The maximum atomic E-state index is 12.1. The summed E-state index contributed by atoms with van der Waals surface area (Å²) in [7, 11) is 0. The smallest absolute Gasteiger partial charge is 0.320 e. The lowest BCUT2D eigenvalue weighted by molar-refractivity contribution is 0.252. The Hall–Kier alpha value is -4.09. The highest BCUT2D eigenvalue weighted by Crippen LogP contribution is 2.19. The molecule has 0 bridgehead atoms. The number of carbonyl (C=O) groups is 1. The van der Waals surface area contributed by atoms with E-state index >= 15 is 0 Å². The number of nitrogens with zero attached hydrogens (tertiary/aromatic N) is 8. The molecule has 0 aromatic carbocycles. The van der Waals surface area contributed by atoms with Crippen LogP contribution in [-0.2, 0) is 13.0 Å². The molecule has 4 rings (SSSR count). The van der Waals surface area contributed by atoms with Crippen molar-refractivity contribution < 1.29 is 4.79 Å². The Morgan fingerprint density at radius 3 is 2.93 bits per heavy atom. The van der Waals surface area contributed by atoms with E-state index in [2.05, 4.69) is 41.0 Å². The van der Waals surface area contributed by atoms with Crippen molar-refractivity contribution in [2.24, 2.45) is 0 Å². The number of carbonyl (C=O) groups excluding carboxylic acids is 1. The SMILES string of the molecule is CCn1nnc(CCNC(=O)Nc2cn3cc(-c4cncc(N)c4)ncc3n2)n1. The Morgan fingerprint density at radius 2 is 2.14 bits per heavy atom. The second-order valence-corrected chi connectivity index (χ2v) is 6.20. The second kappa shape index (κ2) is 7.88. The number of nitrogen functional groups attached to an aromatic ring is 1. The minimum Gasteiger partial charge on any atom is -0.397 e. The van der Waals surface area contributed by atoms with Crippen LogP contribution in [0.15, 0.2) is 37.1 Å². The van der Waals surface area contributed by atoms with Gasteiger partial charge in [0, 0.05) is 37.1 Å². The van der Waals surface area contributed by atoms with Crippen LogP contribution in [0.4, 0.5) is 16.3 Å². The van der Waals surface area contributed by atoms with Crippen LogP contribution < -0.4 is 16.4 Å². The van der Waals surface area contributed by atoms with E-state index in [1.807, 2.05) is 6.92 Å². The Bertz CT molecular complexity index is 1150. The molecule has 12 heteroatoms. The molecule has 0 atom stereocenters. The number of hydrogen-bond donors (Lipinski definition) is 3. The van der Waals surface area contributed by atoms with Crippen LogP contribution in [0.3, 0.4) is 0 Å². The largest absolute Gasteiger partial charge is 0.397 e. The van der Waals surface area contributed by atoms with Gasteiger partial charge in [0.2, 0.25) is 0 Å². The van der Waals surface area contributed by atoms with Gasteiger partial charge in [-0.1, -0.05) is 0 Å².